The van der Waals surface area contributed by atoms with Gasteiger partial charge >= 0.3 is 0 Å². The van der Waals surface area contributed by atoms with Crippen molar-refractivity contribution in [3.05, 3.63) is 94.8 Å². The number of hydrogen-bond acceptors (Lipinski definition) is 5. The number of rotatable bonds is 7. The lowest BCUT2D eigenvalue weighted by Crippen LogP contribution is -2.29. The number of carbonyl (C=O) groups is 2. The molecular weight excluding hydrogens is 461 g/mol. The standard InChI is InChI=1S/C29H28FNO5/c1-5-35-22-10-7-9-21(16-22)31-26(19-8-6-11-23(15-19)36-17(2)3)25(28(33)29(31)34)27(32)20-12-13-24(30)18(4)14-20/h6-17,26,32H,5H2,1-4H3/b27-25+. The molecule has 0 aliphatic carbocycles. The highest BCUT2D eigenvalue weighted by molar-refractivity contribution is 6.51. The molecule has 6 nitrogen and oxygen atoms in total. The topological polar surface area (TPSA) is 76.1 Å². The third-order valence-electron chi connectivity index (χ3n) is 5.83. The maximum Gasteiger partial charge on any atom is 0.300 e. The molecule has 36 heavy (non-hydrogen) atoms. The maximum absolute atomic E-state index is 13.9. The van der Waals surface area contributed by atoms with Crippen LogP contribution in [0.1, 0.15) is 43.5 Å². The predicted octanol–water partition coefficient (Wildman–Crippen LogP) is 5.95. The van der Waals surface area contributed by atoms with Gasteiger partial charge in [0.15, 0.2) is 0 Å². The predicted molar refractivity (Wildman–Crippen MR) is 136 cm³/mol. The van der Waals surface area contributed by atoms with E-state index in [4.69, 9.17) is 9.47 Å². The Kier molecular flexibility index (Phi) is 7.10. The SMILES string of the molecule is CCOc1cccc(N2C(=O)C(=O)/C(=C(/O)c3ccc(F)c(C)c3)C2c2cccc(OC(C)C)c2)c1. The number of benzene rings is 3. The summed E-state index contributed by atoms with van der Waals surface area (Å²) >= 11 is 0. The molecule has 1 heterocycles. The lowest BCUT2D eigenvalue weighted by atomic mass is 9.94. The average molecular weight is 490 g/mol. The smallest absolute Gasteiger partial charge is 0.300 e. The summed E-state index contributed by atoms with van der Waals surface area (Å²) < 4.78 is 25.3. The molecule has 3 aromatic rings. The van der Waals surface area contributed by atoms with Gasteiger partial charge in [-0.05, 0) is 81.3 Å². The van der Waals surface area contributed by atoms with Gasteiger partial charge in [0.1, 0.15) is 23.1 Å². The van der Waals surface area contributed by atoms with Gasteiger partial charge in [0.2, 0.25) is 0 Å². The maximum atomic E-state index is 13.9. The van der Waals surface area contributed by atoms with E-state index in [1.54, 1.807) is 55.5 Å². The van der Waals surface area contributed by atoms with Crippen LogP contribution in [0.15, 0.2) is 72.3 Å². The van der Waals surface area contributed by atoms with Crippen LogP contribution in [0, 0.1) is 12.7 Å². The molecule has 0 bridgehead atoms. The van der Waals surface area contributed by atoms with E-state index in [9.17, 15) is 19.1 Å². The minimum Gasteiger partial charge on any atom is -0.507 e. The Hall–Kier alpha value is -4.13. The van der Waals surface area contributed by atoms with E-state index in [0.717, 1.165) is 0 Å². The number of aryl methyl sites for hydroxylation is 1. The van der Waals surface area contributed by atoms with Crippen molar-refractivity contribution in [1.82, 2.24) is 0 Å². The molecule has 0 saturated carbocycles. The molecule has 1 N–H and O–H groups in total. The van der Waals surface area contributed by atoms with Gasteiger partial charge in [-0.1, -0.05) is 18.2 Å². The number of aliphatic hydroxyl groups is 1. The van der Waals surface area contributed by atoms with Crippen LogP contribution < -0.4 is 14.4 Å². The Morgan fingerprint density at radius 1 is 1.03 bits per heavy atom. The molecule has 3 aromatic carbocycles. The van der Waals surface area contributed by atoms with Crippen molar-refractivity contribution in [3.63, 3.8) is 0 Å². The number of Topliss-reactive ketones (excluding diaryl/α,β-unsaturated/α-hetero) is 1. The summed E-state index contributed by atoms with van der Waals surface area (Å²) in [5, 5.41) is 11.3. The molecule has 7 heteroatoms. The molecule has 186 valence electrons. The van der Waals surface area contributed by atoms with Crippen LogP contribution in [-0.4, -0.2) is 29.5 Å². The summed E-state index contributed by atoms with van der Waals surface area (Å²) in [5.74, 6) is -1.33. The van der Waals surface area contributed by atoms with Crippen LogP contribution in [0.3, 0.4) is 0 Å². The van der Waals surface area contributed by atoms with Gasteiger partial charge in [-0.3, -0.25) is 14.5 Å². The van der Waals surface area contributed by atoms with Crippen molar-refractivity contribution in [1.29, 1.82) is 0 Å². The van der Waals surface area contributed by atoms with Crippen molar-refractivity contribution in [2.24, 2.45) is 0 Å². The van der Waals surface area contributed by atoms with E-state index in [1.807, 2.05) is 20.8 Å². The summed E-state index contributed by atoms with van der Waals surface area (Å²) in [4.78, 5) is 28.1. The first kappa shape index (κ1) is 25.0. The van der Waals surface area contributed by atoms with E-state index in [-0.39, 0.29) is 23.0 Å². The van der Waals surface area contributed by atoms with Crippen molar-refractivity contribution in [3.8, 4) is 11.5 Å². The van der Waals surface area contributed by atoms with E-state index in [0.29, 0.717) is 34.9 Å². The Labute approximate surface area is 209 Å². The van der Waals surface area contributed by atoms with Crippen LogP contribution in [0.5, 0.6) is 11.5 Å². The summed E-state index contributed by atoms with van der Waals surface area (Å²) in [5.41, 5.74) is 1.48. The van der Waals surface area contributed by atoms with Crippen LogP contribution in [0.25, 0.3) is 5.76 Å². The number of ketones is 1. The molecule has 1 aliphatic heterocycles. The molecule has 0 spiro atoms. The minimum atomic E-state index is -0.942. The summed E-state index contributed by atoms with van der Waals surface area (Å²) in [6, 6.07) is 17.1. The quantitative estimate of drug-likeness (QED) is 0.252. The molecular formula is C29H28FNO5. The number of hydrogen-bond donors (Lipinski definition) is 1. The van der Waals surface area contributed by atoms with Gasteiger partial charge in [0, 0.05) is 17.3 Å². The Balaban J connectivity index is 1.93. The second kappa shape index (κ2) is 10.2. The third kappa shape index (κ3) is 4.82. The highest BCUT2D eigenvalue weighted by Crippen LogP contribution is 2.43. The molecule has 1 amide bonds. The summed E-state index contributed by atoms with van der Waals surface area (Å²) in [6.07, 6.45) is -0.0864. The fraction of sp³-hybridized carbons (Fsp3) is 0.241. The minimum absolute atomic E-state index is 0.0864. The second-order valence-corrected chi connectivity index (χ2v) is 8.80. The number of ether oxygens (including phenoxy) is 2. The fourth-order valence-electron chi connectivity index (χ4n) is 4.28. The van der Waals surface area contributed by atoms with Gasteiger partial charge in [-0.15, -0.1) is 0 Å². The highest BCUT2D eigenvalue weighted by Gasteiger charge is 2.47. The number of amides is 1. The van der Waals surface area contributed by atoms with Gasteiger partial charge in [-0.25, -0.2) is 4.39 Å². The van der Waals surface area contributed by atoms with Crippen LogP contribution >= 0.6 is 0 Å². The lowest BCUT2D eigenvalue weighted by molar-refractivity contribution is -0.132. The molecule has 1 aliphatic rings. The van der Waals surface area contributed by atoms with E-state index in [2.05, 4.69) is 0 Å². The fourth-order valence-corrected chi connectivity index (χ4v) is 4.28. The number of anilines is 1. The molecule has 4 rings (SSSR count). The molecule has 1 unspecified atom stereocenters. The Bertz CT molecular complexity index is 1350. The summed E-state index contributed by atoms with van der Waals surface area (Å²) in [6.45, 7) is 7.64. The van der Waals surface area contributed by atoms with Crippen molar-refractivity contribution in [2.45, 2.75) is 39.8 Å². The number of nitrogens with zero attached hydrogens (tertiary/aromatic N) is 1. The van der Waals surface area contributed by atoms with Crippen molar-refractivity contribution < 1.29 is 28.6 Å². The number of halogens is 1. The van der Waals surface area contributed by atoms with Crippen LogP contribution in [0.4, 0.5) is 10.1 Å². The Morgan fingerprint density at radius 2 is 1.75 bits per heavy atom. The highest BCUT2D eigenvalue weighted by atomic mass is 19.1. The van der Waals surface area contributed by atoms with Crippen molar-refractivity contribution >= 4 is 23.1 Å². The van der Waals surface area contributed by atoms with Gasteiger partial charge in [-0.2, -0.15) is 0 Å². The average Bonchev–Trinajstić information content (AvgIpc) is 3.11. The van der Waals surface area contributed by atoms with Gasteiger partial charge in [0.25, 0.3) is 11.7 Å². The van der Waals surface area contributed by atoms with E-state index < -0.39 is 23.5 Å². The molecule has 1 fully saturated rings. The van der Waals surface area contributed by atoms with Crippen molar-refractivity contribution in [2.75, 3.05) is 11.5 Å². The van der Waals surface area contributed by atoms with Gasteiger partial charge in [0.05, 0.1) is 24.3 Å². The molecule has 1 atom stereocenters. The monoisotopic (exact) mass is 489 g/mol. The van der Waals surface area contributed by atoms with Gasteiger partial charge < -0.3 is 14.6 Å². The molecule has 0 aromatic heterocycles. The number of aliphatic hydroxyl groups excluding tert-OH is 1. The number of carbonyl (C=O) groups excluding carboxylic acids is 2. The largest absolute Gasteiger partial charge is 0.507 e. The zero-order valence-corrected chi connectivity index (χ0v) is 20.6. The Morgan fingerprint density at radius 3 is 2.44 bits per heavy atom. The summed E-state index contributed by atoms with van der Waals surface area (Å²) in [7, 11) is 0. The molecule has 1 saturated heterocycles. The lowest BCUT2D eigenvalue weighted by Gasteiger charge is -2.26. The normalized spacial score (nSPS) is 17.1. The third-order valence-corrected chi connectivity index (χ3v) is 5.83. The van der Waals surface area contributed by atoms with Crippen LogP contribution in [0.2, 0.25) is 0 Å². The van der Waals surface area contributed by atoms with E-state index >= 15 is 0 Å². The zero-order valence-electron chi connectivity index (χ0n) is 20.6. The molecule has 0 radical (unpaired) electrons. The first-order chi connectivity index (χ1) is 17.2. The van der Waals surface area contributed by atoms with E-state index in [1.165, 1.54) is 23.1 Å². The first-order valence-corrected chi connectivity index (χ1v) is 11.8. The zero-order chi connectivity index (χ0) is 26.0. The second-order valence-electron chi connectivity index (χ2n) is 8.80. The van der Waals surface area contributed by atoms with Crippen LogP contribution in [-0.2, 0) is 9.59 Å². The first-order valence-electron chi connectivity index (χ1n) is 11.8.